The monoisotopic (exact) mass is 607 g/mol. The maximum atomic E-state index is 14.2. The van der Waals surface area contributed by atoms with Gasteiger partial charge in [0.15, 0.2) is 11.3 Å². The first kappa shape index (κ1) is 31.2. The zero-order valence-electron chi connectivity index (χ0n) is 23.3. The number of hydrogen-bond donors (Lipinski definition) is 4. The predicted molar refractivity (Wildman–Crippen MR) is 153 cm³/mol. The third-order valence-corrected chi connectivity index (χ3v) is 6.42. The molecule has 226 valence electrons. The molecule has 4 aromatic rings. The van der Waals surface area contributed by atoms with Crippen LogP contribution in [-0.4, -0.2) is 34.0 Å². The van der Waals surface area contributed by atoms with Gasteiger partial charge in [0.1, 0.15) is 0 Å². The summed E-state index contributed by atoms with van der Waals surface area (Å²) < 4.78 is 48.0. The van der Waals surface area contributed by atoms with Crippen molar-refractivity contribution in [2.45, 2.75) is 39.3 Å². The van der Waals surface area contributed by atoms with Gasteiger partial charge in [-0.3, -0.25) is 14.4 Å². The number of carbonyl (C=O) groups is 4. The van der Waals surface area contributed by atoms with Crippen LogP contribution in [0.5, 0.6) is 0 Å². The van der Waals surface area contributed by atoms with Gasteiger partial charge in [0.05, 0.1) is 33.8 Å². The summed E-state index contributed by atoms with van der Waals surface area (Å²) in [6.45, 7) is 3.02. The minimum Gasteiger partial charge on any atom is -0.478 e. The number of aromatic nitrogens is 1. The van der Waals surface area contributed by atoms with Gasteiger partial charge in [-0.1, -0.05) is 24.6 Å². The van der Waals surface area contributed by atoms with E-state index in [2.05, 4.69) is 21.1 Å². The summed E-state index contributed by atoms with van der Waals surface area (Å²) in [5.74, 6) is -3.38. The number of carbonyl (C=O) groups excluding carboxylic acids is 3. The third kappa shape index (κ3) is 6.84. The van der Waals surface area contributed by atoms with Gasteiger partial charge in [0.25, 0.3) is 5.91 Å². The predicted octanol–water partition coefficient (Wildman–Crippen LogP) is 6.42. The van der Waals surface area contributed by atoms with Gasteiger partial charge in [-0.25, -0.2) is 4.79 Å². The molecule has 0 saturated heterocycles. The molecule has 0 radical (unpaired) electrons. The fourth-order valence-electron chi connectivity index (χ4n) is 4.40. The van der Waals surface area contributed by atoms with E-state index in [0.29, 0.717) is 12.8 Å². The van der Waals surface area contributed by atoms with Crippen LogP contribution < -0.4 is 16.0 Å². The molecule has 4 rings (SSSR count). The molecule has 0 fully saturated rings. The number of fused-ring (bicyclic) bond motifs is 1. The molecule has 0 saturated carbocycles. The number of amides is 3. The molecule has 4 N–H and O–H groups in total. The summed E-state index contributed by atoms with van der Waals surface area (Å²) in [5.41, 5.74) is -2.60. The van der Waals surface area contributed by atoms with Crippen LogP contribution >= 0.6 is 0 Å². The van der Waals surface area contributed by atoms with Crippen molar-refractivity contribution in [1.29, 1.82) is 5.26 Å². The highest BCUT2D eigenvalue weighted by Gasteiger charge is 2.35. The highest BCUT2D eigenvalue weighted by Crippen LogP contribution is 2.43. The maximum absolute atomic E-state index is 14.2. The standard InChI is InChI=1S/C30H24F3N5O6/c1-3-4-5-26(40)36-24-12-21-25(13-19(24)18-8-7-17(35-15(2)39)11-22(18)30(31,32)33)44-38-27(21)28(41)37-23-9-6-16(14-34)10-20(23)29(42)43/h6-13H,3-5H2,1-2H3,(H,35,39)(H,36,40)(H,37,41)(H,42,43). The summed E-state index contributed by atoms with van der Waals surface area (Å²) >= 11 is 0. The lowest BCUT2D eigenvalue weighted by Crippen LogP contribution is -2.16. The fraction of sp³-hybridized carbons (Fsp3) is 0.200. The van der Waals surface area contributed by atoms with Gasteiger partial charge in [-0.05, 0) is 54.4 Å². The Morgan fingerprint density at radius 1 is 0.977 bits per heavy atom. The Labute approximate surface area is 247 Å². The van der Waals surface area contributed by atoms with Crippen molar-refractivity contribution in [3.05, 3.63) is 70.9 Å². The average Bonchev–Trinajstić information content (AvgIpc) is 3.38. The van der Waals surface area contributed by atoms with Crippen molar-refractivity contribution in [3.8, 4) is 17.2 Å². The summed E-state index contributed by atoms with van der Waals surface area (Å²) in [6.07, 6.45) is -3.58. The van der Waals surface area contributed by atoms with E-state index in [1.54, 1.807) is 6.07 Å². The van der Waals surface area contributed by atoms with Gasteiger partial charge in [0.2, 0.25) is 11.8 Å². The van der Waals surface area contributed by atoms with Gasteiger partial charge in [-0.15, -0.1) is 0 Å². The number of aromatic carboxylic acids is 1. The molecule has 0 spiro atoms. The minimum absolute atomic E-state index is 0.0194. The molecule has 44 heavy (non-hydrogen) atoms. The number of nitrogens with one attached hydrogen (secondary N) is 3. The lowest BCUT2D eigenvalue weighted by Gasteiger charge is -2.18. The molecule has 3 amide bonds. The molecule has 1 heterocycles. The third-order valence-electron chi connectivity index (χ3n) is 6.42. The first-order valence-corrected chi connectivity index (χ1v) is 13.1. The smallest absolute Gasteiger partial charge is 0.417 e. The number of halogens is 3. The minimum atomic E-state index is -4.86. The first-order chi connectivity index (χ1) is 20.8. The SMILES string of the molecule is CCCCC(=O)Nc1cc2c(C(=O)Nc3ccc(C#N)cc3C(=O)O)noc2cc1-c1ccc(NC(C)=O)cc1C(F)(F)F. The number of unbranched alkanes of at least 4 members (excludes halogenated alkanes) is 1. The Morgan fingerprint density at radius 2 is 1.73 bits per heavy atom. The molecule has 0 unspecified atom stereocenters. The molecule has 0 aliphatic heterocycles. The molecule has 11 nitrogen and oxygen atoms in total. The second-order valence-corrected chi connectivity index (χ2v) is 9.65. The number of anilines is 3. The van der Waals surface area contributed by atoms with Gasteiger partial charge >= 0.3 is 12.1 Å². The van der Waals surface area contributed by atoms with Crippen molar-refractivity contribution < 1.29 is 42.0 Å². The number of nitriles is 1. The van der Waals surface area contributed by atoms with E-state index in [0.717, 1.165) is 25.1 Å². The summed E-state index contributed by atoms with van der Waals surface area (Å²) in [5, 5.41) is 29.7. The average molecular weight is 608 g/mol. The molecular formula is C30H24F3N5O6. The zero-order valence-corrected chi connectivity index (χ0v) is 23.3. The van der Waals surface area contributed by atoms with Crippen LogP contribution in [0.25, 0.3) is 22.1 Å². The maximum Gasteiger partial charge on any atom is 0.417 e. The topological polar surface area (TPSA) is 174 Å². The molecular weight excluding hydrogens is 583 g/mol. The van der Waals surface area contributed by atoms with Crippen molar-refractivity contribution >= 4 is 51.7 Å². The second kappa shape index (κ2) is 12.7. The number of rotatable bonds is 9. The van der Waals surface area contributed by atoms with Crippen molar-refractivity contribution in [3.63, 3.8) is 0 Å². The van der Waals surface area contributed by atoms with Crippen LogP contribution in [0.2, 0.25) is 0 Å². The largest absolute Gasteiger partial charge is 0.478 e. The van der Waals surface area contributed by atoms with Crippen LogP contribution in [0.4, 0.5) is 30.2 Å². The van der Waals surface area contributed by atoms with Gasteiger partial charge < -0.3 is 25.6 Å². The van der Waals surface area contributed by atoms with E-state index in [-0.39, 0.29) is 62.4 Å². The van der Waals surface area contributed by atoms with Gasteiger partial charge in [0, 0.05) is 30.3 Å². The first-order valence-electron chi connectivity index (χ1n) is 13.1. The Morgan fingerprint density at radius 3 is 2.36 bits per heavy atom. The van der Waals surface area contributed by atoms with Crippen molar-refractivity contribution in [2.24, 2.45) is 0 Å². The molecule has 14 heteroatoms. The highest BCUT2D eigenvalue weighted by molar-refractivity contribution is 6.14. The highest BCUT2D eigenvalue weighted by atomic mass is 19.4. The quantitative estimate of drug-likeness (QED) is 0.168. The van der Waals surface area contributed by atoms with Crippen molar-refractivity contribution in [1.82, 2.24) is 5.16 Å². The Hall–Kier alpha value is -5.71. The Balaban J connectivity index is 1.85. The van der Waals surface area contributed by atoms with E-state index >= 15 is 0 Å². The molecule has 0 aliphatic carbocycles. The van der Waals surface area contributed by atoms with E-state index in [4.69, 9.17) is 9.78 Å². The summed E-state index contributed by atoms with van der Waals surface area (Å²) in [4.78, 5) is 49.1. The molecule has 1 aromatic heterocycles. The van der Waals surface area contributed by atoms with Crippen LogP contribution in [0.15, 0.2) is 53.1 Å². The van der Waals surface area contributed by atoms with Gasteiger partial charge in [-0.2, -0.15) is 18.4 Å². The molecule has 0 atom stereocenters. The Kier molecular flexibility index (Phi) is 8.98. The number of carboxylic acid groups (broad SMARTS) is 1. The molecule has 0 bridgehead atoms. The van der Waals surface area contributed by atoms with E-state index < -0.39 is 35.4 Å². The summed E-state index contributed by atoms with van der Waals surface area (Å²) in [6, 6.07) is 11.0. The molecule has 3 aromatic carbocycles. The second-order valence-electron chi connectivity index (χ2n) is 9.65. The van der Waals surface area contributed by atoms with Crippen LogP contribution in [0.3, 0.4) is 0 Å². The molecule has 0 aliphatic rings. The fourth-order valence-corrected chi connectivity index (χ4v) is 4.40. The van der Waals surface area contributed by atoms with E-state index in [1.165, 1.54) is 30.3 Å². The number of carboxylic acids is 1. The number of nitrogens with zero attached hydrogens (tertiary/aromatic N) is 2. The zero-order chi connectivity index (χ0) is 32.2. The van der Waals surface area contributed by atoms with Crippen LogP contribution in [0.1, 0.15) is 65.1 Å². The summed E-state index contributed by atoms with van der Waals surface area (Å²) in [7, 11) is 0. The lowest BCUT2D eigenvalue weighted by molar-refractivity contribution is -0.137. The number of hydrogen-bond acceptors (Lipinski definition) is 7. The van der Waals surface area contributed by atoms with E-state index in [9.17, 15) is 37.5 Å². The van der Waals surface area contributed by atoms with Crippen molar-refractivity contribution in [2.75, 3.05) is 16.0 Å². The number of benzene rings is 3. The Bertz CT molecular complexity index is 1840. The lowest BCUT2D eigenvalue weighted by atomic mass is 9.95. The van der Waals surface area contributed by atoms with E-state index in [1.807, 2.05) is 6.92 Å². The van der Waals surface area contributed by atoms with Crippen LogP contribution in [0, 0.1) is 11.3 Å². The van der Waals surface area contributed by atoms with Crippen LogP contribution in [-0.2, 0) is 15.8 Å². The normalized spacial score (nSPS) is 11.1. The number of alkyl halides is 3.